The predicted molar refractivity (Wildman–Crippen MR) is 116 cm³/mol. The van der Waals surface area contributed by atoms with E-state index in [4.69, 9.17) is 4.74 Å². The number of hydrogen-bond donors (Lipinski definition) is 1. The largest absolute Gasteiger partial charge is 0.508 e. The molecule has 1 heterocycles. The Kier molecular flexibility index (Phi) is 6.78. The fourth-order valence-corrected chi connectivity index (χ4v) is 5.47. The van der Waals surface area contributed by atoms with Crippen LogP contribution in [0.1, 0.15) is 50.7 Å². The molecule has 0 spiro atoms. The number of phenolic OH excluding ortho intramolecular Hbond substituents is 1. The molecule has 146 valence electrons. The average molecular weight is 385 g/mol. The smallest absolute Gasteiger partial charge is 0.119 e. The number of aromatic hydroxyl groups is 1. The van der Waals surface area contributed by atoms with E-state index in [1.807, 2.05) is 12.1 Å². The summed E-state index contributed by atoms with van der Waals surface area (Å²) in [6, 6.07) is 14.4. The fourth-order valence-electron chi connectivity index (χ4n) is 3.87. The van der Waals surface area contributed by atoms with E-state index in [-0.39, 0.29) is 5.16 Å². The molecule has 2 atom stereocenters. The van der Waals surface area contributed by atoms with Crippen molar-refractivity contribution < 1.29 is 9.84 Å². The van der Waals surface area contributed by atoms with Gasteiger partial charge in [-0.15, -0.1) is 0 Å². The Morgan fingerprint density at radius 3 is 2.56 bits per heavy atom. The molecule has 1 aliphatic rings. The predicted octanol–water partition coefficient (Wildman–Crippen LogP) is 5.02. The van der Waals surface area contributed by atoms with E-state index in [2.05, 4.69) is 43.0 Å². The summed E-state index contributed by atoms with van der Waals surface area (Å²) >= 11 is 0. The highest BCUT2D eigenvalue weighted by molar-refractivity contribution is 7.48. The number of nitrogens with zero attached hydrogens (tertiary/aromatic N) is 1. The zero-order valence-electron chi connectivity index (χ0n) is 16.8. The Morgan fingerprint density at radius 2 is 1.85 bits per heavy atom. The van der Waals surface area contributed by atoms with Crippen LogP contribution in [-0.2, 0) is 11.7 Å². The summed E-state index contributed by atoms with van der Waals surface area (Å²) in [6.45, 7) is 7.92. The van der Waals surface area contributed by atoms with Crippen LogP contribution in [0, 0.1) is 0 Å². The molecule has 0 bridgehead atoms. The summed E-state index contributed by atoms with van der Waals surface area (Å²) < 4.78 is 5.41. The molecule has 2 aromatic rings. The Morgan fingerprint density at radius 1 is 1.11 bits per heavy atom. The van der Waals surface area contributed by atoms with Gasteiger partial charge in [0.15, 0.2) is 0 Å². The molecule has 0 radical (unpaired) electrons. The van der Waals surface area contributed by atoms with Crippen LogP contribution in [0.5, 0.6) is 11.5 Å². The number of benzene rings is 2. The maximum atomic E-state index is 10.5. The molecule has 0 aliphatic carbocycles. The number of likely N-dealkylation sites (tertiary alicyclic amines) is 1. The first-order valence-electron chi connectivity index (χ1n) is 10.0. The minimum absolute atomic E-state index is 0.114. The Balaban J connectivity index is 1.88. The summed E-state index contributed by atoms with van der Waals surface area (Å²) in [4.78, 5) is 2.58. The van der Waals surface area contributed by atoms with Crippen LogP contribution in [0.25, 0.3) is 0 Å². The van der Waals surface area contributed by atoms with Crippen LogP contribution in [0.2, 0.25) is 0 Å². The van der Waals surface area contributed by atoms with Crippen LogP contribution in [0.15, 0.2) is 42.5 Å². The first kappa shape index (κ1) is 20.2. The summed E-state index contributed by atoms with van der Waals surface area (Å²) in [6.07, 6.45) is 4.96. The molecule has 2 aromatic carbocycles. The summed E-state index contributed by atoms with van der Waals surface area (Å²) in [7, 11) is 2.27. The molecule has 3 rings (SSSR count). The Hall–Kier alpha value is -1.57. The minimum Gasteiger partial charge on any atom is -0.508 e. The lowest BCUT2D eigenvalue weighted by molar-refractivity contribution is 0.221. The highest BCUT2D eigenvalue weighted by Crippen LogP contribution is 2.48. The van der Waals surface area contributed by atoms with Crippen LogP contribution in [0.4, 0.5) is 0 Å². The van der Waals surface area contributed by atoms with Gasteiger partial charge in [0.25, 0.3) is 0 Å². The molecule has 27 heavy (non-hydrogen) atoms. The van der Waals surface area contributed by atoms with Crippen LogP contribution in [-0.4, -0.2) is 30.2 Å². The molecule has 0 aromatic heterocycles. The topological polar surface area (TPSA) is 32.7 Å². The molecule has 4 heteroatoms. The van der Waals surface area contributed by atoms with Gasteiger partial charge in [0.2, 0.25) is 0 Å². The van der Waals surface area contributed by atoms with E-state index in [0.29, 0.717) is 14.3 Å². The third-order valence-electron chi connectivity index (χ3n) is 5.78. The van der Waals surface area contributed by atoms with Crippen LogP contribution >= 0.6 is 8.58 Å². The molecule has 1 fully saturated rings. The molecular formula is C23H32NO2P. The Bertz CT molecular complexity index is 758. The average Bonchev–Trinajstić information content (AvgIpc) is 2.70. The van der Waals surface area contributed by atoms with Gasteiger partial charge in [-0.25, -0.2) is 0 Å². The van der Waals surface area contributed by atoms with Crippen molar-refractivity contribution in [3.63, 3.8) is 0 Å². The Labute approximate surface area is 165 Å². The van der Waals surface area contributed by atoms with Crippen LogP contribution < -0.4 is 10.0 Å². The third kappa shape index (κ3) is 4.83. The second-order valence-corrected chi connectivity index (χ2v) is 9.58. The molecule has 1 N–H and O–H groups in total. The molecule has 1 aliphatic heterocycles. The molecule has 2 unspecified atom stereocenters. The van der Waals surface area contributed by atoms with Gasteiger partial charge in [-0.2, -0.15) is 0 Å². The van der Waals surface area contributed by atoms with E-state index >= 15 is 0 Å². The molecule has 0 saturated carbocycles. The van der Waals surface area contributed by atoms with Crippen molar-refractivity contribution in [2.75, 3.05) is 20.2 Å². The number of rotatable bonds is 7. The van der Waals surface area contributed by atoms with Crippen molar-refractivity contribution in [3.05, 3.63) is 53.6 Å². The van der Waals surface area contributed by atoms with Gasteiger partial charge in [-0.1, -0.05) is 53.1 Å². The highest BCUT2D eigenvalue weighted by atomic mass is 31.1. The van der Waals surface area contributed by atoms with Gasteiger partial charge in [0.05, 0.1) is 7.11 Å². The lowest BCUT2D eigenvalue weighted by Crippen LogP contribution is -2.31. The maximum Gasteiger partial charge on any atom is 0.119 e. The molecular weight excluding hydrogens is 353 g/mol. The van der Waals surface area contributed by atoms with E-state index in [1.165, 1.54) is 43.2 Å². The summed E-state index contributed by atoms with van der Waals surface area (Å²) in [5.41, 5.74) is 2.41. The number of ether oxygens (including phenoxy) is 1. The normalized spacial score (nSPS) is 17.9. The second kappa shape index (κ2) is 9.08. The summed E-state index contributed by atoms with van der Waals surface area (Å²) in [5.74, 6) is 1.16. The van der Waals surface area contributed by atoms with Gasteiger partial charge in [-0.3, -0.25) is 4.90 Å². The van der Waals surface area contributed by atoms with Gasteiger partial charge >= 0.3 is 0 Å². The second-order valence-electron chi connectivity index (χ2n) is 7.69. The van der Waals surface area contributed by atoms with Gasteiger partial charge in [0.1, 0.15) is 11.5 Å². The SMILES string of the molecule is CCC(C)(Pc1ccccc1CN1CCCCC1)c1cc(OC)ccc1O. The quantitative estimate of drug-likeness (QED) is 0.680. The van der Waals surface area contributed by atoms with Crippen molar-refractivity contribution in [1.82, 2.24) is 4.90 Å². The molecule has 1 saturated heterocycles. The zero-order chi connectivity index (χ0) is 19.3. The summed E-state index contributed by atoms with van der Waals surface area (Å²) in [5, 5.41) is 11.8. The van der Waals surface area contributed by atoms with E-state index < -0.39 is 0 Å². The lowest BCUT2D eigenvalue weighted by atomic mass is 9.96. The van der Waals surface area contributed by atoms with Crippen molar-refractivity contribution in [3.8, 4) is 11.5 Å². The number of piperidine rings is 1. The maximum absolute atomic E-state index is 10.5. The van der Waals surface area contributed by atoms with Gasteiger partial charge in [-0.05, 0) is 61.4 Å². The molecule has 3 nitrogen and oxygen atoms in total. The van der Waals surface area contributed by atoms with Crippen molar-refractivity contribution >= 4 is 13.9 Å². The number of phenols is 1. The first-order chi connectivity index (χ1) is 13.1. The first-order valence-corrected chi connectivity index (χ1v) is 11.0. The van der Waals surface area contributed by atoms with Gasteiger partial charge in [0, 0.05) is 17.3 Å². The fraction of sp³-hybridized carbons (Fsp3) is 0.478. The number of methoxy groups -OCH3 is 1. The monoisotopic (exact) mass is 385 g/mol. The number of hydrogen-bond acceptors (Lipinski definition) is 3. The minimum atomic E-state index is -0.114. The standard InChI is InChI=1S/C23H32NO2P/c1-4-23(2,20-16-19(26-3)12-13-21(20)25)27-22-11-7-6-10-18(22)17-24-14-8-5-9-15-24/h6-7,10-13,16,25,27H,4-5,8-9,14-15,17H2,1-3H3. The van der Waals surface area contributed by atoms with Crippen molar-refractivity contribution in [1.29, 1.82) is 0 Å². The van der Waals surface area contributed by atoms with Gasteiger partial charge < -0.3 is 9.84 Å². The van der Waals surface area contributed by atoms with Crippen molar-refractivity contribution in [2.24, 2.45) is 0 Å². The van der Waals surface area contributed by atoms with E-state index in [1.54, 1.807) is 13.2 Å². The lowest BCUT2D eigenvalue weighted by Gasteiger charge is -2.32. The molecule has 0 amide bonds. The third-order valence-corrected chi connectivity index (χ3v) is 7.71. The van der Waals surface area contributed by atoms with E-state index in [9.17, 15) is 5.11 Å². The zero-order valence-corrected chi connectivity index (χ0v) is 17.8. The van der Waals surface area contributed by atoms with Crippen LogP contribution in [0.3, 0.4) is 0 Å². The highest BCUT2D eigenvalue weighted by Gasteiger charge is 2.29. The van der Waals surface area contributed by atoms with E-state index in [0.717, 1.165) is 24.3 Å². The van der Waals surface area contributed by atoms with Crippen molar-refractivity contribution in [2.45, 2.75) is 51.2 Å².